The minimum Gasteiger partial charge on any atom is -0.356 e. The topological polar surface area (TPSA) is 29.9 Å². The zero-order valence-electron chi connectivity index (χ0n) is 8.45. The van der Waals surface area contributed by atoms with Crippen LogP contribution >= 0.6 is 11.8 Å². The van der Waals surface area contributed by atoms with Crippen molar-refractivity contribution in [1.82, 2.24) is 9.55 Å². The molecule has 0 radical (unpaired) electrons. The number of thioether (sulfide) groups is 1. The van der Waals surface area contributed by atoms with E-state index < -0.39 is 0 Å². The van der Waals surface area contributed by atoms with Crippen LogP contribution in [0.2, 0.25) is 0 Å². The van der Waals surface area contributed by atoms with E-state index in [0.717, 1.165) is 19.0 Å². The lowest BCUT2D eigenvalue weighted by Crippen LogP contribution is -2.12. The minimum atomic E-state index is 0.631. The van der Waals surface area contributed by atoms with Crippen LogP contribution in [0.4, 0.5) is 5.95 Å². The van der Waals surface area contributed by atoms with Gasteiger partial charge in [0, 0.05) is 30.7 Å². The van der Waals surface area contributed by atoms with E-state index in [9.17, 15) is 0 Å². The molecule has 0 spiro atoms. The summed E-state index contributed by atoms with van der Waals surface area (Å²) in [7, 11) is 0. The molecule has 0 aliphatic carbocycles. The molecule has 0 aliphatic rings. The Morgan fingerprint density at radius 1 is 1.69 bits per heavy atom. The molecule has 1 aromatic heterocycles. The molecule has 74 valence electrons. The Labute approximate surface area is 83.9 Å². The molecule has 1 rings (SSSR count). The van der Waals surface area contributed by atoms with Gasteiger partial charge in [-0.3, -0.25) is 0 Å². The summed E-state index contributed by atoms with van der Waals surface area (Å²) in [6.45, 7) is 6.24. The fourth-order valence-electron chi connectivity index (χ4n) is 1.13. The van der Waals surface area contributed by atoms with Crippen molar-refractivity contribution in [1.29, 1.82) is 0 Å². The van der Waals surface area contributed by atoms with E-state index >= 15 is 0 Å². The van der Waals surface area contributed by atoms with Gasteiger partial charge < -0.3 is 9.88 Å². The predicted octanol–water partition coefficient (Wildman–Crippen LogP) is 2.07. The Hall–Kier alpha value is -0.640. The molecule has 0 bridgehead atoms. The monoisotopic (exact) mass is 199 g/mol. The summed E-state index contributed by atoms with van der Waals surface area (Å²) in [6.07, 6.45) is 5.99. The summed E-state index contributed by atoms with van der Waals surface area (Å²) >= 11 is 1.87. The molecule has 1 aromatic rings. The van der Waals surface area contributed by atoms with Gasteiger partial charge in [-0.05, 0) is 13.2 Å². The molecule has 0 aromatic carbocycles. The van der Waals surface area contributed by atoms with Crippen LogP contribution in [-0.2, 0) is 6.54 Å². The summed E-state index contributed by atoms with van der Waals surface area (Å²) in [6, 6.07) is 0. The lowest BCUT2D eigenvalue weighted by atomic mass is 10.4. The molecular weight excluding hydrogens is 182 g/mol. The first-order valence-electron chi connectivity index (χ1n) is 4.55. The molecule has 0 aliphatic heterocycles. The van der Waals surface area contributed by atoms with Crippen LogP contribution in [0.5, 0.6) is 0 Å². The summed E-state index contributed by atoms with van der Waals surface area (Å²) < 4.78 is 2.16. The minimum absolute atomic E-state index is 0.631. The van der Waals surface area contributed by atoms with Crippen molar-refractivity contribution in [2.45, 2.75) is 25.6 Å². The highest BCUT2D eigenvalue weighted by molar-refractivity contribution is 7.99. The molecule has 0 amide bonds. The summed E-state index contributed by atoms with van der Waals surface area (Å²) in [5, 5.41) is 3.86. The number of anilines is 1. The fraction of sp³-hybridized carbons (Fsp3) is 0.667. The Bertz CT molecular complexity index is 247. The Morgan fingerprint density at radius 3 is 3.08 bits per heavy atom. The Kier molecular flexibility index (Phi) is 4.15. The SMILES string of the molecule is CCNc1nccn1CC(C)SC. The number of hydrogen-bond acceptors (Lipinski definition) is 3. The smallest absolute Gasteiger partial charge is 0.202 e. The molecule has 4 heteroatoms. The van der Waals surface area contributed by atoms with Gasteiger partial charge in [-0.15, -0.1) is 0 Å². The molecule has 13 heavy (non-hydrogen) atoms. The highest BCUT2D eigenvalue weighted by atomic mass is 32.2. The normalized spacial score (nSPS) is 12.8. The van der Waals surface area contributed by atoms with E-state index in [1.807, 2.05) is 24.2 Å². The van der Waals surface area contributed by atoms with Gasteiger partial charge in [0.1, 0.15) is 0 Å². The molecule has 3 nitrogen and oxygen atoms in total. The van der Waals surface area contributed by atoms with Crippen molar-refractivity contribution in [3.63, 3.8) is 0 Å². The van der Waals surface area contributed by atoms with Gasteiger partial charge in [-0.25, -0.2) is 4.98 Å². The van der Waals surface area contributed by atoms with Crippen LogP contribution < -0.4 is 5.32 Å². The quantitative estimate of drug-likeness (QED) is 0.787. The second kappa shape index (κ2) is 5.17. The summed E-state index contributed by atoms with van der Waals surface area (Å²) in [5.41, 5.74) is 0. The largest absolute Gasteiger partial charge is 0.356 e. The zero-order valence-corrected chi connectivity index (χ0v) is 9.27. The lowest BCUT2D eigenvalue weighted by molar-refractivity contribution is 0.696. The third kappa shape index (κ3) is 2.95. The van der Waals surface area contributed by atoms with E-state index in [0.29, 0.717) is 5.25 Å². The number of aromatic nitrogens is 2. The van der Waals surface area contributed by atoms with Gasteiger partial charge in [0.05, 0.1) is 0 Å². The summed E-state index contributed by atoms with van der Waals surface area (Å²) in [4.78, 5) is 4.24. The molecule has 1 unspecified atom stereocenters. The van der Waals surface area contributed by atoms with Crippen molar-refractivity contribution >= 4 is 17.7 Å². The Morgan fingerprint density at radius 2 is 2.46 bits per heavy atom. The average molecular weight is 199 g/mol. The van der Waals surface area contributed by atoms with E-state index in [1.54, 1.807) is 0 Å². The fourth-order valence-corrected chi connectivity index (χ4v) is 1.44. The molecule has 1 heterocycles. The van der Waals surface area contributed by atoms with Gasteiger partial charge in [0.2, 0.25) is 5.95 Å². The van der Waals surface area contributed by atoms with Crippen molar-refractivity contribution in [2.75, 3.05) is 18.1 Å². The maximum absolute atomic E-state index is 4.24. The standard InChI is InChI=1S/C9H17N3S/c1-4-10-9-11-5-6-12(9)7-8(2)13-3/h5-6,8H,4,7H2,1-3H3,(H,10,11). The van der Waals surface area contributed by atoms with Crippen molar-refractivity contribution in [3.05, 3.63) is 12.4 Å². The van der Waals surface area contributed by atoms with Crippen LogP contribution in [-0.4, -0.2) is 27.6 Å². The van der Waals surface area contributed by atoms with Crippen LogP contribution in [0.1, 0.15) is 13.8 Å². The summed E-state index contributed by atoms with van der Waals surface area (Å²) in [5.74, 6) is 0.975. The van der Waals surface area contributed by atoms with E-state index in [2.05, 4.69) is 35.0 Å². The number of nitrogens with zero attached hydrogens (tertiary/aromatic N) is 2. The average Bonchev–Trinajstić information content (AvgIpc) is 2.54. The highest BCUT2D eigenvalue weighted by Crippen LogP contribution is 2.11. The van der Waals surface area contributed by atoms with Gasteiger partial charge in [-0.2, -0.15) is 11.8 Å². The number of nitrogens with one attached hydrogen (secondary N) is 1. The molecule has 1 N–H and O–H groups in total. The molecule has 1 atom stereocenters. The molecular formula is C9H17N3S. The second-order valence-corrected chi connectivity index (χ2v) is 4.26. The van der Waals surface area contributed by atoms with Crippen LogP contribution in [0.15, 0.2) is 12.4 Å². The lowest BCUT2D eigenvalue weighted by Gasteiger charge is -2.12. The van der Waals surface area contributed by atoms with E-state index in [4.69, 9.17) is 0 Å². The zero-order chi connectivity index (χ0) is 9.68. The first kappa shape index (κ1) is 10.4. The highest BCUT2D eigenvalue weighted by Gasteiger charge is 2.04. The maximum atomic E-state index is 4.24. The van der Waals surface area contributed by atoms with Crippen molar-refractivity contribution in [2.24, 2.45) is 0 Å². The maximum Gasteiger partial charge on any atom is 0.202 e. The van der Waals surface area contributed by atoms with Gasteiger partial charge >= 0.3 is 0 Å². The predicted molar refractivity (Wildman–Crippen MR) is 59.4 cm³/mol. The third-order valence-electron chi connectivity index (χ3n) is 1.91. The molecule has 0 saturated heterocycles. The van der Waals surface area contributed by atoms with Gasteiger partial charge in [-0.1, -0.05) is 6.92 Å². The van der Waals surface area contributed by atoms with Crippen LogP contribution in [0, 0.1) is 0 Å². The molecule has 0 fully saturated rings. The number of hydrogen-bond donors (Lipinski definition) is 1. The van der Waals surface area contributed by atoms with E-state index in [-0.39, 0.29) is 0 Å². The first-order chi connectivity index (χ1) is 6.27. The van der Waals surface area contributed by atoms with Crippen molar-refractivity contribution < 1.29 is 0 Å². The second-order valence-electron chi connectivity index (χ2n) is 2.98. The van der Waals surface area contributed by atoms with Crippen molar-refractivity contribution in [3.8, 4) is 0 Å². The van der Waals surface area contributed by atoms with Gasteiger partial charge in [0.15, 0.2) is 0 Å². The van der Waals surface area contributed by atoms with Crippen LogP contribution in [0.3, 0.4) is 0 Å². The van der Waals surface area contributed by atoms with Gasteiger partial charge in [0.25, 0.3) is 0 Å². The number of rotatable bonds is 5. The third-order valence-corrected chi connectivity index (χ3v) is 2.86. The number of imidazole rings is 1. The van der Waals surface area contributed by atoms with Crippen LogP contribution in [0.25, 0.3) is 0 Å². The first-order valence-corrected chi connectivity index (χ1v) is 5.84. The van der Waals surface area contributed by atoms with E-state index in [1.165, 1.54) is 0 Å². The molecule has 0 saturated carbocycles. The Balaban J connectivity index is 2.59.